The van der Waals surface area contributed by atoms with E-state index in [-0.39, 0.29) is 5.82 Å². The van der Waals surface area contributed by atoms with Gasteiger partial charge in [0, 0.05) is 22.2 Å². The molecule has 1 aliphatic carbocycles. The lowest BCUT2D eigenvalue weighted by molar-refractivity contribution is 0.627. The first-order chi connectivity index (χ1) is 9.31. The molecule has 1 N–H and O–H groups in total. The fourth-order valence-electron chi connectivity index (χ4n) is 2.77. The highest BCUT2D eigenvalue weighted by Gasteiger charge is 2.17. The van der Waals surface area contributed by atoms with E-state index in [2.05, 4.69) is 29.3 Å². The second-order valence-electron chi connectivity index (χ2n) is 4.89. The molecule has 0 atom stereocenters. The van der Waals surface area contributed by atoms with E-state index in [0.717, 1.165) is 28.8 Å². The van der Waals surface area contributed by atoms with Crippen molar-refractivity contribution in [1.82, 2.24) is 4.98 Å². The van der Waals surface area contributed by atoms with Crippen molar-refractivity contribution >= 4 is 16.5 Å². The number of benzene rings is 2. The van der Waals surface area contributed by atoms with Crippen LogP contribution in [0.3, 0.4) is 0 Å². The van der Waals surface area contributed by atoms with Crippen LogP contribution in [0.5, 0.6) is 0 Å². The van der Waals surface area contributed by atoms with E-state index >= 15 is 0 Å². The number of aromatic amines is 1. The van der Waals surface area contributed by atoms with Crippen molar-refractivity contribution in [3.8, 4) is 0 Å². The molecule has 0 bridgehead atoms. The molecule has 0 saturated heterocycles. The standard InChI is InChI=1S/C17H12FN/c18-13-7-5-11-6-8-14(15(11)10-13)17-9-12-3-1-2-4-16(12)19-17/h1-5,7-10,19H,6H2. The van der Waals surface area contributed by atoms with Crippen LogP contribution in [0.15, 0.2) is 54.6 Å². The van der Waals surface area contributed by atoms with Gasteiger partial charge in [0.1, 0.15) is 5.82 Å². The van der Waals surface area contributed by atoms with E-state index in [1.807, 2.05) is 18.2 Å². The Kier molecular flexibility index (Phi) is 2.12. The number of aromatic nitrogens is 1. The highest BCUT2D eigenvalue weighted by Crippen LogP contribution is 2.34. The van der Waals surface area contributed by atoms with Gasteiger partial charge < -0.3 is 4.98 Å². The molecule has 1 aromatic heterocycles. The zero-order valence-corrected chi connectivity index (χ0v) is 10.3. The number of H-pyrrole nitrogens is 1. The first-order valence-electron chi connectivity index (χ1n) is 6.38. The van der Waals surface area contributed by atoms with Gasteiger partial charge in [-0.25, -0.2) is 4.39 Å². The Morgan fingerprint density at radius 3 is 2.79 bits per heavy atom. The molecule has 1 nitrogen and oxygen atoms in total. The number of fused-ring (bicyclic) bond motifs is 2. The zero-order valence-electron chi connectivity index (χ0n) is 10.3. The zero-order chi connectivity index (χ0) is 12.8. The average Bonchev–Trinajstić information content (AvgIpc) is 3.00. The Balaban J connectivity index is 1.89. The van der Waals surface area contributed by atoms with Gasteiger partial charge in [-0.05, 0) is 41.8 Å². The van der Waals surface area contributed by atoms with Crippen LogP contribution in [0, 0.1) is 5.82 Å². The molecule has 1 aliphatic rings. The fourth-order valence-corrected chi connectivity index (χ4v) is 2.77. The second kappa shape index (κ2) is 3.82. The lowest BCUT2D eigenvalue weighted by atomic mass is 10.0. The first kappa shape index (κ1) is 10.6. The summed E-state index contributed by atoms with van der Waals surface area (Å²) in [6, 6.07) is 15.3. The van der Waals surface area contributed by atoms with E-state index in [1.165, 1.54) is 17.0 Å². The average molecular weight is 249 g/mol. The Morgan fingerprint density at radius 1 is 1.00 bits per heavy atom. The van der Waals surface area contributed by atoms with Crippen molar-refractivity contribution in [2.45, 2.75) is 6.42 Å². The molecular formula is C17H12FN. The number of nitrogens with one attached hydrogen (secondary N) is 1. The molecule has 0 unspecified atom stereocenters. The third-order valence-corrected chi connectivity index (χ3v) is 3.71. The number of hydrogen-bond acceptors (Lipinski definition) is 0. The maximum atomic E-state index is 13.4. The molecule has 0 aliphatic heterocycles. The second-order valence-corrected chi connectivity index (χ2v) is 4.89. The highest BCUT2D eigenvalue weighted by atomic mass is 19.1. The van der Waals surface area contributed by atoms with Gasteiger partial charge in [-0.2, -0.15) is 0 Å². The third-order valence-electron chi connectivity index (χ3n) is 3.71. The van der Waals surface area contributed by atoms with Crippen molar-refractivity contribution in [3.05, 3.63) is 77.2 Å². The van der Waals surface area contributed by atoms with Crippen LogP contribution in [0.2, 0.25) is 0 Å². The van der Waals surface area contributed by atoms with Gasteiger partial charge in [0.25, 0.3) is 0 Å². The molecule has 0 spiro atoms. The largest absolute Gasteiger partial charge is 0.355 e. The molecule has 1 heterocycles. The molecule has 92 valence electrons. The topological polar surface area (TPSA) is 15.8 Å². The van der Waals surface area contributed by atoms with Gasteiger partial charge >= 0.3 is 0 Å². The molecule has 0 fully saturated rings. The first-order valence-corrected chi connectivity index (χ1v) is 6.38. The number of allylic oxidation sites excluding steroid dienone is 1. The summed E-state index contributed by atoms with van der Waals surface area (Å²) in [5.41, 5.74) is 5.47. The lowest BCUT2D eigenvalue weighted by Gasteiger charge is -2.04. The number of para-hydroxylation sites is 1. The monoisotopic (exact) mass is 249 g/mol. The van der Waals surface area contributed by atoms with Crippen LogP contribution in [0.25, 0.3) is 16.5 Å². The number of rotatable bonds is 1. The highest BCUT2D eigenvalue weighted by molar-refractivity contribution is 5.90. The predicted molar refractivity (Wildman–Crippen MR) is 75.5 cm³/mol. The summed E-state index contributed by atoms with van der Waals surface area (Å²) in [6.45, 7) is 0. The van der Waals surface area contributed by atoms with Gasteiger partial charge in [-0.15, -0.1) is 0 Å². The molecule has 0 amide bonds. The van der Waals surface area contributed by atoms with E-state index in [9.17, 15) is 4.39 Å². The van der Waals surface area contributed by atoms with Crippen molar-refractivity contribution in [2.24, 2.45) is 0 Å². The van der Waals surface area contributed by atoms with Gasteiger partial charge in [0.05, 0.1) is 0 Å². The molecule has 3 aromatic rings. The summed E-state index contributed by atoms with van der Waals surface area (Å²) < 4.78 is 13.4. The number of halogens is 1. The summed E-state index contributed by atoms with van der Waals surface area (Å²) >= 11 is 0. The Labute approximate surface area is 110 Å². The van der Waals surface area contributed by atoms with E-state index in [0.29, 0.717) is 0 Å². The van der Waals surface area contributed by atoms with E-state index < -0.39 is 0 Å². The van der Waals surface area contributed by atoms with Crippen LogP contribution >= 0.6 is 0 Å². The minimum Gasteiger partial charge on any atom is -0.355 e. The summed E-state index contributed by atoms with van der Waals surface area (Å²) in [5, 5.41) is 1.18. The van der Waals surface area contributed by atoms with Crippen molar-refractivity contribution in [2.75, 3.05) is 0 Å². The van der Waals surface area contributed by atoms with Crippen LogP contribution in [0.1, 0.15) is 16.8 Å². The van der Waals surface area contributed by atoms with Crippen molar-refractivity contribution < 1.29 is 4.39 Å². The van der Waals surface area contributed by atoms with Gasteiger partial charge in [-0.3, -0.25) is 0 Å². The SMILES string of the molecule is Fc1ccc2c(c1)C(c1cc3ccccc3[nH]1)=CC2. The minimum absolute atomic E-state index is 0.178. The summed E-state index contributed by atoms with van der Waals surface area (Å²) in [7, 11) is 0. The lowest BCUT2D eigenvalue weighted by Crippen LogP contribution is -1.88. The summed E-state index contributed by atoms with van der Waals surface area (Å²) in [5.74, 6) is -0.178. The smallest absolute Gasteiger partial charge is 0.123 e. The summed E-state index contributed by atoms with van der Waals surface area (Å²) in [6.07, 6.45) is 3.04. The predicted octanol–water partition coefficient (Wildman–Crippen LogP) is 4.29. The minimum atomic E-state index is -0.178. The Morgan fingerprint density at radius 2 is 1.89 bits per heavy atom. The van der Waals surface area contributed by atoms with Gasteiger partial charge in [0.15, 0.2) is 0 Å². The molecule has 0 radical (unpaired) electrons. The maximum absolute atomic E-state index is 13.4. The van der Waals surface area contributed by atoms with E-state index in [1.54, 1.807) is 6.07 Å². The normalized spacial score (nSPS) is 13.6. The molecule has 2 heteroatoms. The third kappa shape index (κ3) is 1.60. The van der Waals surface area contributed by atoms with Gasteiger partial charge in [-0.1, -0.05) is 30.3 Å². The molecule has 2 aromatic carbocycles. The summed E-state index contributed by atoms with van der Waals surface area (Å²) in [4.78, 5) is 3.41. The van der Waals surface area contributed by atoms with Crippen LogP contribution in [-0.2, 0) is 6.42 Å². The Bertz CT molecular complexity index is 778. The fraction of sp³-hybridized carbons (Fsp3) is 0.0588. The molecule has 4 rings (SSSR count). The van der Waals surface area contributed by atoms with Gasteiger partial charge in [0.2, 0.25) is 0 Å². The van der Waals surface area contributed by atoms with Crippen LogP contribution < -0.4 is 0 Å². The van der Waals surface area contributed by atoms with E-state index in [4.69, 9.17) is 0 Å². The number of hydrogen-bond donors (Lipinski definition) is 1. The van der Waals surface area contributed by atoms with Crippen LogP contribution in [0.4, 0.5) is 4.39 Å². The molecule has 19 heavy (non-hydrogen) atoms. The maximum Gasteiger partial charge on any atom is 0.123 e. The van der Waals surface area contributed by atoms with Crippen molar-refractivity contribution in [1.29, 1.82) is 0 Å². The van der Waals surface area contributed by atoms with Crippen molar-refractivity contribution in [3.63, 3.8) is 0 Å². The molecular weight excluding hydrogens is 237 g/mol. The molecule has 0 saturated carbocycles. The quantitative estimate of drug-likeness (QED) is 0.662. The van der Waals surface area contributed by atoms with Crippen LogP contribution in [-0.4, -0.2) is 4.98 Å². The Hall–Kier alpha value is -2.35.